The first-order valence-electron chi connectivity index (χ1n) is 5.02. The Morgan fingerprint density at radius 2 is 2.27 bits per heavy atom. The van der Waals surface area contributed by atoms with Crippen molar-refractivity contribution >= 4 is 6.09 Å². The summed E-state index contributed by atoms with van der Waals surface area (Å²) < 4.78 is 5.20. The van der Waals surface area contributed by atoms with Crippen LogP contribution >= 0.6 is 0 Å². The van der Waals surface area contributed by atoms with Gasteiger partial charge in [-0.1, -0.05) is 18.2 Å². The predicted octanol–water partition coefficient (Wildman–Crippen LogP) is 1.29. The van der Waals surface area contributed by atoms with Crippen LogP contribution in [0, 0.1) is 0 Å². The highest BCUT2D eigenvalue weighted by molar-refractivity contribution is 5.65. The van der Waals surface area contributed by atoms with Gasteiger partial charge < -0.3 is 15.4 Å². The van der Waals surface area contributed by atoms with Crippen molar-refractivity contribution in [3.63, 3.8) is 0 Å². The van der Waals surface area contributed by atoms with E-state index in [1.807, 2.05) is 38.4 Å². The van der Waals surface area contributed by atoms with Crippen molar-refractivity contribution in [2.24, 2.45) is 5.73 Å². The Morgan fingerprint density at radius 3 is 2.73 bits per heavy atom. The number of hydrogen-bond donors (Lipinski definition) is 1. The highest BCUT2D eigenvalue weighted by Gasteiger charge is 2.30. The highest BCUT2D eigenvalue weighted by atomic mass is 16.6. The zero-order valence-electron chi connectivity index (χ0n) is 9.27. The van der Waals surface area contributed by atoms with E-state index in [0.29, 0.717) is 6.42 Å². The molecule has 15 heavy (non-hydrogen) atoms. The minimum absolute atomic E-state index is 0.551. The van der Waals surface area contributed by atoms with Gasteiger partial charge in [0.1, 0.15) is 5.60 Å². The summed E-state index contributed by atoms with van der Waals surface area (Å²) >= 11 is 0. The lowest BCUT2D eigenvalue weighted by Crippen LogP contribution is -2.38. The van der Waals surface area contributed by atoms with Crippen molar-refractivity contribution in [2.45, 2.75) is 18.4 Å². The molecule has 0 radical (unpaired) electrons. The number of ether oxygens (including phenoxy) is 1. The quantitative estimate of drug-likeness (QED) is 0.760. The van der Waals surface area contributed by atoms with Crippen LogP contribution in [-0.4, -0.2) is 37.2 Å². The number of rotatable bonds is 4. The van der Waals surface area contributed by atoms with Crippen LogP contribution in [0.3, 0.4) is 0 Å². The van der Waals surface area contributed by atoms with E-state index in [4.69, 9.17) is 10.5 Å². The second-order valence-electron chi connectivity index (χ2n) is 4.03. The monoisotopic (exact) mass is 210 g/mol. The second kappa shape index (κ2) is 4.98. The van der Waals surface area contributed by atoms with E-state index in [2.05, 4.69) is 4.90 Å². The number of carbonyl (C=O) groups excluding carboxylic acids is 1. The summed E-state index contributed by atoms with van der Waals surface area (Å²) in [4.78, 5) is 12.9. The number of nitrogens with two attached hydrogens (primary N) is 1. The van der Waals surface area contributed by atoms with Crippen molar-refractivity contribution < 1.29 is 9.53 Å². The molecule has 1 rings (SSSR count). The third kappa shape index (κ3) is 3.75. The Kier molecular flexibility index (Phi) is 3.91. The average Bonchev–Trinajstić information content (AvgIpc) is 2.15. The van der Waals surface area contributed by atoms with Crippen LogP contribution in [0.4, 0.5) is 4.79 Å². The first-order chi connectivity index (χ1) is 7.04. The maximum absolute atomic E-state index is 10.8. The van der Waals surface area contributed by atoms with Gasteiger partial charge in [0.25, 0.3) is 0 Å². The molecule has 1 amide bonds. The van der Waals surface area contributed by atoms with E-state index in [1.54, 1.807) is 0 Å². The van der Waals surface area contributed by atoms with E-state index in [1.165, 1.54) is 0 Å². The van der Waals surface area contributed by atoms with E-state index in [9.17, 15) is 4.79 Å². The molecule has 0 aliphatic heterocycles. The molecule has 1 unspecified atom stereocenters. The molecule has 2 N–H and O–H groups in total. The third-order valence-corrected chi connectivity index (χ3v) is 2.40. The van der Waals surface area contributed by atoms with Gasteiger partial charge in [0.05, 0.1) is 0 Å². The lowest BCUT2D eigenvalue weighted by molar-refractivity contribution is 0.0434. The molecule has 4 nitrogen and oxygen atoms in total. The molecule has 0 aromatic carbocycles. The Labute approximate surface area is 90.4 Å². The second-order valence-corrected chi connectivity index (χ2v) is 4.03. The molecule has 0 bridgehead atoms. The van der Waals surface area contributed by atoms with Gasteiger partial charge in [-0.2, -0.15) is 0 Å². The SMILES string of the molecule is CN(C)CCC1(OC(N)=O)C=CC=CC1. The zero-order valence-corrected chi connectivity index (χ0v) is 9.27. The third-order valence-electron chi connectivity index (χ3n) is 2.40. The van der Waals surface area contributed by atoms with Crippen molar-refractivity contribution in [2.75, 3.05) is 20.6 Å². The van der Waals surface area contributed by atoms with E-state index in [-0.39, 0.29) is 0 Å². The van der Waals surface area contributed by atoms with Gasteiger partial charge in [-0.05, 0) is 20.2 Å². The first kappa shape index (κ1) is 11.8. The van der Waals surface area contributed by atoms with Gasteiger partial charge >= 0.3 is 6.09 Å². The smallest absolute Gasteiger partial charge is 0.405 e. The molecule has 1 aliphatic carbocycles. The van der Waals surface area contributed by atoms with E-state index in [0.717, 1.165) is 13.0 Å². The Morgan fingerprint density at radius 1 is 1.53 bits per heavy atom. The van der Waals surface area contributed by atoms with Gasteiger partial charge in [-0.25, -0.2) is 4.79 Å². The summed E-state index contributed by atoms with van der Waals surface area (Å²) in [5.41, 5.74) is 4.53. The Balaban J connectivity index is 2.64. The minimum Gasteiger partial charge on any atom is -0.438 e. The van der Waals surface area contributed by atoms with Gasteiger partial charge in [0, 0.05) is 19.4 Å². The maximum atomic E-state index is 10.8. The summed E-state index contributed by atoms with van der Waals surface area (Å²) in [7, 11) is 3.97. The molecule has 84 valence electrons. The lowest BCUT2D eigenvalue weighted by atomic mass is 9.91. The van der Waals surface area contributed by atoms with Crippen molar-refractivity contribution in [3.8, 4) is 0 Å². The number of amides is 1. The highest BCUT2D eigenvalue weighted by Crippen LogP contribution is 2.26. The number of nitrogens with zero attached hydrogens (tertiary/aromatic N) is 1. The van der Waals surface area contributed by atoms with Crippen LogP contribution < -0.4 is 5.73 Å². The molecule has 4 heteroatoms. The van der Waals surface area contributed by atoms with Gasteiger partial charge in [0.2, 0.25) is 0 Å². The predicted molar refractivity (Wildman–Crippen MR) is 59.5 cm³/mol. The van der Waals surface area contributed by atoms with Crippen LogP contribution in [0.25, 0.3) is 0 Å². The Hall–Kier alpha value is -1.29. The van der Waals surface area contributed by atoms with Crippen molar-refractivity contribution in [3.05, 3.63) is 24.3 Å². The van der Waals surface area contributed by atoms with Crippen LogP contribution in [-0.2, 0) is 4.74 Å². The number of primary amides is 1. The molecule has 0 heterocycles. The molecule has 0 aromatic rings. The van der Waals surface area contributed by atoms with Crippen molar-refractivity contribution in [1.29, 1.82) is 0 Å². The number of allylic oxidation sites excluding steroid dienone is 2. The molecule has 0 saturated heterocycles. The van der Waals surface area contributed by atoms with E-state index < -0.39 is 11.7 Å². The molecule has 0 fully saturated rings. The molecule has 0 saturated carbocycles. The van der Waals surface area contributed by atoms with E-state index >= 15 is 0 Å². The molecular formula is C11H18N2O2. The standard InChI is InChI=1S/C11H18N2O2/c1-13(2)9-8-11(15-10(12)14)6-4-3-5-7-11/h3-6H,7-9H2,1-2H3,(H2,12,14). The molecule has 0 spiro atoms. The zero-order chi connectivity index (χ0) is 11.3. The summed E-state index contributed by atoms with van der Waals surface area (Å²) in [6.07, 6.45) is 8.46. The average molecular weight is 210 g/mol. The fourth-order valence-corrected chi connectivity index (χ4v) is 1.57. The van der Waals surface area contributed by atoms with Gasteiger partial charge in [-0.3, -0.25) is 0 Å². The molecular weight excluding hydrogens is 192 g/mol. The summed E-state index contributed by atoms with van der Waals surface area (Å²) in [6.45, 7) is 0.853. The van der Waals surface area contributed by atoms with Crippen LogP contribution in [0.1, 0.15) is 12.8 Å². The fourth-order valence-electron chi connectivity index (χ4n) is 1.57. The van der Waals surface area contributed by atoms with Crippen molar-refractivity contribution in [1.82, 2.24) is 4.90 Å². The lowest BCUT2D eigenvalue weighted by Gasteiger charge is -2.31. The number of carbonyl (C=O) groups is 1. The first-order valence-corrected chi connectivity index (χ1v) is 5.02. The van der Waals surface area contributed by atoms with Crippen LogP contribution in [0.2, 0.25) is 0 Å². The summed E-state index contributed by atoms with van der Waals surface area (Å²) in [6, 6.07) is 0. The van der Waals surface area contributed by atoms with Crippen LogP contribution in [0.5, 0.6) is 0 Å². The summed E-state index contributed by atoms with van der Waals surface area (Å²) in [5.74, 6) is 0. The fraction of sp³-hybridized carbons (Fsp3) is 0.545. The maximum Gasteiger partial charge on any atom is 0.405 e. The van der Waals surface area contributed by atoms with Gasteiger partial charge in [0.15, 0.2) is 0 Å². The molecule has 1 aliphatic rings. The Bertz CT molecular complexity index is 284. The largest absolute Gasteiger partial charge is 0.438 e. The minimum atomic E-state index is -0.714. The molecule has 1 atom stereocenters. The van der Waals surface area contributed by atoms with Crippen LogP contribution in [0.15, 0.2) is 24.3 Å². The normalized spacial score (nSPS) is 24.5. The number of hydrogen-bond acceptors (Lipinski definition) is 3. The molecule has 0 aromatic heterocycles. The summed E-state index contributed by atoms with van der Waals surface area (Å²) in [5, 5.41) is 0. The van der Waals surface area contributed by atoms with Gasteiger partial charge in [-0.15, -0.1) is 0 Å². The topological polar surface area (TPSA) is 55.6 Å².